The summed E-state index contributed by atoms with van der Waals surface area (Å²) in [7, 11) is 0. The van der Waals surface area contributed by atoms with E-state index < -0.39 is 6.10 Å². The number of carbonyl (C=O) groups excluding carboxylic acids is 2. The number of amides is 2. The number of ether oxygens (including phenoxy) is 1. The molecule has 0 aliphatic carbocycles. The normalized spacial score (nSPS) is 19.1. The van der Waals surface area contributed by atoms with E-state index in [4.69, 9.17) is 10.00 Å². The highest BCUT2D eigenvalue weighted by Gasteiger charge is 2.32. The molecule has 2 saturated heterocycles. The number of carbonyl (C=O) groups is 2. The highest BCUT2D eigenvalue weighted by molar-refractivity contribution is 5.82. The number of hydrogen-bond donors (Lipinski definition) is 0. The van der Waals surface area contributed by atoms with Crippen molar-refractivity contribution in [1.29, 1.82) is 5.26 Å². The van der Waals surface area contributed by atoms with E-state index in [1.807, 2.05) is 4.90 Å². The summed E-state index contributed by atoms with van der Waals surface area (Å²) in [6, 6.07) is 8.98. The average Bonchev–Trinajstić information content (AvgIpc) is 3.22. The summed E-state index contributed by atoms with van der Waals surface area (Å²) in [4.78, 5) is 28.9. The molecule has 2 aliphatic rings. The van der Waals surface area contributed by atoms with Gasteiger partial charge in [-0.1, -0.05) is 12.1 Å². The van der Waals surface area contributed by atoms with Crippen molar-refractivity contribution in [3.8, 4) is 11.8 Å². The van der Waals surface area contributed by atoms with Crippen LogP contribution in [0.3, 0.4) is 0 Å². The zero-order valence-electron chi connectivity index (χ0n) is 15.2. The lowest BCUT2D eigenvalue weighted by Gasteiger charge is -2.34. The maximum Gasteiger partial charge on any atom is 0.263 e. The molecule has 0 radical (unpaired) electrons. The number of likely N-dealkylation sites (tertiary alicyclic amines) is 2. The SMILES string of the molecule is CC(Oc1ccccc1C#N)C(=O)N1CCC(C(=O)N2CCCC2)CC1. The first kappa shape index (κ1) is 18.2. The molecule has 6 nitrogen and oxygen atoms in total. The zero-order valence-corrected chi connectivity index (χ0v) is 15.2. The summed E-state index contributed by atoms with van der Waals surface area (Å²) in [5.41, 5.74) is 0.419. The summed E-state index contributed by atoms with van der Waals surface area (Å²) >= 11 is 0. The van der Waals surface area contributed by atoms with Gasteiger partial charge in [0.1, 0.15) is 11.8 Å². The minimum atomic E-state index is -0.657. The van der Waals surface area contributed by atoms with Crippen LogP contribution in [0.25, 0.3) is 0 Å². The van der Waals surface area contributed by atoms with Gasteiger partial charge in [-0.3, -0.25) is 9.59 Å². The number of nitriles is 1. The molecular weight excluding hydrogens is 330 g/mol. The van der Waals surface area contributed by atoms with Crippen LogP contribution in [0.2, 0.25) is 0 Å². The number of piperidine rings is 1. The summed E-state index contributed by atoms with van der Waals surface area (Å²) in [5, 5.41) is 9.13. The molecule has 6 heteroatoms. The molecule has 0 saturated carbocycles. The van der Waals surface area contributed by atoms with E-state index in [1.165, 1.54) is 0 Å². The Hall–Kier alpha value is -2.55. The van der Waals surface area contributed by atoms with Gasteiger partial charge < -0.3 is 14.5 Å². The van der Waals surface area contributed by atoms with Gasteiger partial charge in [-0.2, -0.15) is 5.26 Å². The van der Waals surface area contributed by atoms with Gasteiger partial charge in [0.05, 0.1) is 5.56 Å². The van der Waals surface area contributed by atoms with Gasteiger partial charge in [0, 0.05) is 32.1 Å². The highest BCUT2D eigenvalue weighted by atomic mass is 16.5. The van der Waals surface area contributed by atoms with Crippen LogP contribution >= 0.6 is 0 Å². The quantitative estimate of drug-likeness (QED) is 0.830. The number of hydrogen-bond acceptors (Lipinski definition) is 4. The van der Waals surface area contributed by atoms with Gasteiger partial charge in [-0.25, -0.2) is 0 Å². The Morgan fingerprint density at radius 2 is 1.77 bits per heavy atom. The fourth-order valence-corrected chi connectivity index (χ4v) is 3.70. The molecular formula is C20H25N3O3. The molecule has 2 heterocycles. The highest BCUT2D eigenvalue weighted by Crippen LogP contribution is 2.24. The zero-order chi connectivity index (χ0) is 18.5. The predicted octanol–water partition coefficient (Wildman–Crippen LogP) is 2.19. The Kier molecular flexibility index (Phi) is 5.77. The third-order valence-electron chi connectivity index (χ3n) is 5.23. The fraction of sp³-hybridized carbons (Fsp3) is 0.550. The maximum absolute atomic E-state index is 12.7. The van der Waals surface area contributed by atoms with E-state index in [1.54, 1.807) is 36.1 Å². The van der Waals surface area contributed by atoms with E-state index in [0.29, 0.717) is 37.2 Å². The van der Waals surface area contributed by atoms with Crippen LogP contribution in [0.4, 0.5) is 0 Å². The molecule has 3 rings (SSSR count). The number of rotatable bonds is 4. The van der Waals surface area contributed by atoms with E-state index in [2.05, 4.69) is 6.07 Å². The Labute approximate surface area is 154 Å². The lowest BCUT2D eigenvalue weighted by atomic mass is 9.95. The van der Waals surface area contributed by atoms with Crippen LogP contribution in [-0.4, -0.2) is 53.9 Å². The van der Waals surface area contributed by atoms with Gasteiger partial charge >= 0.3 is 0 Å². The van der Waals surface area contributed by atoms with Crippen molar-refractivity contribution in [1.82, 2.24) is 9.80 Å². The molecule has 26 heavy (non-hydrogen) atoms. The summed E-state index contributed by atoms with van der Waals surface area (Å²) in [5.74, 6) is 0.620. The summed E-state index contributed by atoms with van der Waals surface area (Å²) in [6.45, 7) is 4.62. The van der Waals surface area contributed by atoms with Crippen LogP contribution < -0.4 is 4.74 Å². The monoisotopic (exact) mass is 355 g/mol. The van der Waals surface area contributed by atoms with Crippen molar-refractivity contribution >= 4 is 11.8 Å². The first-order valence-corrected chi connectivity index (χ1v) is 9.33. The standard InChI is InChI=1S/C20H25N3O3/c1-15(26-18-7-3-2-6-17(18)14-21)19(24)23-12-8-16(9-13-23)20(25)22-10-4-5-11-22/h2-3,6-7,15-16H,4-5,8-13H2,1H3. The van der Waals surface area contributed by atoms with Crippen molar-refractivity contribution in [3.05, 3.63) is 29.8 Å². The van der Waals surface area contributed by atoms with Gasteiger partial charge in [0.15, 0.2) is 6.10 Å². The second-order valence-electron chi connectivity index (χ2n) is 7.00. The van der Waals surface area contributed by atoms with Gasteiger partial charge in [0.25, 0.3) is 5.91 Å². The molecule has 1 atom stereocenters. The van der Waals surface area contributed by atoms with Crippen molar-refractivity contribution in [3.63, 3.8) is 0 Å². The maximum atomic E-state index is 12.7. The van der Waals surface area contributed by atoms with E-state index in [0.717, 1.165) is 25.9 Å². The van der Waals surface area contributed by atoms with Crippen LogP contribution in [-0.2, 0) is 9.59 Å². The smallest absolute Gasteiger partial charge is 0.263 e. The first-order valence-electron chi connectivity index (χ1n) is 9.33. The fourth-order valence-electron chi connectivity index (χ4n) is 3.70. The second kappa shape index (κ2) is 8.22. The molecule has 0 bridgehead atoms. The molecule has 2 aliphatic heterocycles. The Bertz CT molecular complexity index is 698. The van der Waals surface area contributed by atoms with Crippen LogP contribution in [0.5, 0.6) is 5.75 Å². The molecule has 1 aromatic rings. The molecule has 1 aromatic carbocycles. The first-order chi connectivity index (χ1) is 12.6. The molecule has 1 unspecified atom stereocenters. The molecule has 0 aromatic heterocycles. The average molecular weight is 355 g/mol. The van der Waals surface area contributed by atoms with Crippen molar-refractivity contribution in [2.24, 2.45) is 5.92 Å². The number of nitrogens with zero attached hydrogens (tertiary/aromatic N) is 3. The van der Waals surface area contributed by atoms with Gasteiger partial charge in [-0.15, -0.1) is 0 Å². The minimum Gasteiger partial charge on any atom is -0.480 e. The van der Waals surface area contributed by atoms with Crippen LogP contribution in [0.1, 0.15) is 38.2 Å². The van der Waals surface area contributed by atoms with Crippen molar-refractivity contribution in [2.45, 2.75) is 38.7 Å². The molecule has 138 valence electrons. The minimum absolute atomic E-state index is 0.0349. The molecule has 2 fully saturated rings. The summed E-state index contributed by atoms with van der Waals surface area (Å²) in [6.07, 6.45) is 2.96. The third-order valence-corrected chi connectivity index (χ3v) is 5.23. The largest absolute Gasteiger partial charge is 0.480 e. The Balaban J connectivity index is 1.53. The predicted molar refractivity (Wildman–Crippen MR) is 96.4 cm³/mol. The van der Waals surface area contributed by atoms with E-state index in [9.17, 15) is 9.59 Å². The molecule has 0 spiro atoms. The van der Waals surface area contributed by atoms with Gasteiger partial charge in [-0.05, 0) is 44.7 Å². The Morgan fingerprint density at radius 1 is 1.12 bits per heavy atom. The van der Waals surface area contributed by atoms with Gasteiger partial charge in [0.2, 0.25) is 5.91 Å². The van der Waals surface area contributed by atoms with E-state index in [-0.39, 0.29) is 17.7 Å². The van der Waals surface area contributed by atoms with Crippen molar-refractivity contribution < 1.29 is 14.3 Å². The lowest BCUT2D eigenvalue weighted by molar-refractivity contribution is -0.143. The molecule has 0 N–H and O–H groups in total. The van der Waals surface area contributed by atoms with Crippen LogP contribution in [0.15, 0.2) is 24.3 Å². The third kappa shape index (κ3) is 3.98. The van der Waals surface area contributed by atoms with Crippen molar-refractivity contribution in [2.75, 3.05) is 26.2 Å². The van der Waals surface area contributed by atoms with Crippen LogP contribution in [0, 0.1) is 17.2 Å². The lowest BCUT2D eigenvalue weighted by Crippen LogP contribution is -2.47. The number of para-hydroxylation sites is 1. The number of benzene rings is 1. The Morgan fingerprint density at radius 3 is 2.42 bits per heavy atom. The second-order valence-corrected chi connectivity index (χ2v) is 7.00. The topological polar surface area (TPSA) is 73.6 Å². The molecule has 2 amide bonds. The summed E-state index contributed by atoms with van der Waals surface area (Å²) < 4.78 is 5.72. The van der Waals surface area contributed by atoms with E-state index >= 15 is 0 Å².